The fourth-order valence-corrected chi connectivity index (χ4v) is 3.59. The van der Waals surface area contributed by atoms with Crippen molar-refractivity contribution in [2.75, 3.05) is 11.1 Å². The molecule has 0 bridgehead atoms. The van der Waals surface area contributed by atoms with Gasteiger partial charge in [0.05, 0.1) is 23.8 Å². The minimum atomic E-state index is -0.360. The van der Waals surface area contributed by atoms with Gasteiger partial charge in [-0.1, -0.05) is 12.1 Å². The molecule has 0 spiro atoms. The molecule has 4 aromatic rings. The quantitative estimate of drug-likeness (QED) is 0.432. The summed E-state index contributed by atoms with van der Waals surface area (Å²) < 4.78 is 14.2. The number of nitrogen functional groups attached to an aromatic ring is 1. The molecule has 0 saturated carbocycles. The molecule has 0 unspecified atom stereocenters. The number of anilines is 2. The van der Waals surface area contributed by atoms with Crippen molar-refractivity contribution in [3.63, 3.8) is 0 Å². The molecule has 0 atom stereocenters. The van der Waals surface area contributed by atoms with E-state index in [1.807, 2.05) is 16.8 Å². The Morgan fingerprint density at radius 1 is 1.13 bits per heavy atom. The van der Waals surface area contributed by atoms with Crippen LogP contribution in [0.15, 0.2) is 65.7 Å². The summed E-state index contributed by atoms with van der Waals surface area (Å²) in [6, 6.07) is 10.1. The van der Waals surface area contributed by atoms with Gasteiger partial charge in [0, 0.05) is 35.7 Å². The fourth-order valence-electron chi connectivity index (χ4n) is 2.94. The number of pyridine rings is 1. The van der Waals surface area contributed by atoms with Gasteiger partial charge in [0.25, 0.3) is 0 Å². The third-order valence-corrected chi connectivity index (χ3v) is 5.22. The highest BCUT2D eigenvalue weighted by Crippen LogP contribution is 2.20. The van der Waals surface area contributed by atoms with Crippen LogP contribution in [0, 0.1) is 5.82 Å². The van der Waals surface area contributed by atoms with Crippen LogP contribution < -0.4 is 11.1 Å². The van der Waals surface area contributed by atoms with Crippen molar-refractivity contribution < 1.29 is 9.18 Å². The average Bonchev–Trinajstić information content (AvgIpc) is 3.30. The van der Waals surface area contributed by atoms with Gasteiger partial charge in [0.15, 0.2) is 5.78 Å². The first kappa shape index (κ1) is 19.7. The predicted molar refractivity (Wildman–Crippen MR) is 116 cm³/mol. The van der Waals surface area contributed by atoms with E-state index in [9.17, 15) is 9.18 Å². The summed E-state index contributed by atoms with van der Waals surface area (Å²) in [6.45, 7) is 0.221. The van der Waals surface area contributed by atoms with Crippen LogP contribution in [0.5, 0.6) is 0 Å². The number of rotatable bonds is 7. The van der Waals surface area contributed by atoms with Crippen LogP contribution in [0.1, 0.15) is 21.6 Å². The highest BCUT2D eigenvalue weighted by molar-refractivity contribution is 7.08. The Kier molecular flexibility index (Phi) is 5.76. The zero-order chi connectivity index (χ0) is 20.9. The van der Waals surface area contributed by atoms with E-state index in [0.717, 1.165) is 11.3 Å². The Morgan fingerprint density at radius 2 is 2.03 bits per heavy atom. The Labute approximate surface area is 176 Å². The second-order valence-corrected chi connectivity index (χ2v) is 7.39. The van der Waals surface area contributed by atoms with E-state index in [1.54, 1.807) is 48.0 Å². The van der Waals surface area contributed by atoms with Gasteiger partial charge in [-0.2, -0.15) is 11.3 Å². The molecule has 30 heavy (non-hydrogen) atoms. The molecule has 150 valence electrons. The molecule has 0 aliphatic rings. The lowest BCUT2D eigenvalue weighted by Gasteiger charge is -2.10. The van der Waals surface area contributed by atoms with E-state index in [2.05, 4.69) is 20.3 Å². The zero-order valence-electron chi connectivity index (χ0n) is 15.9. The largest absolute Gasteiger partial charge is 0.382 e. The summed E-state index contributed by atoms with van der Waals surface area (Å²) in [5.41, 5.74) is 9.52. The SMILES string of the molecule is Nc1ncccc1NCc1cc(CC(=O)c2cnc(-c3ccsc3)cn2)ccc1F. The summed E-state index contributed by atoms with van der Waals surface area (Å²) in [5, 5.41) is 7.00. The normalized spacial score (nSPS) is 10.7. The molecule has 3 N–H and O–H groups in total. The van der Waals surface area contributed by atoms with Gasteiger partial charge < -0.3 is 11.1 Å². The summed E-state index contributed by atoms with van der Waals surface area (Å²) in [7, 11) is 0. The smallest absolute Gasteiger partial charge is 0.187 e. The van der Waals surface area contributed by atoms with E-state index >= 15 is 0 Å². The van der Waals surface area contributed by atoms with Crippen LogP contribution >= 0.6 is 11.3 Å². The highest BCUT2D eigenvalue weighted by Gasteiger charge is 2.12. The summed E-state index contributed by atoms with van der Waals surface area (Å²) in [5.74, 6) is -0.198. The summed E-state index contributed by atoms with van der Waals surface area (Å²) >= 11 is 1.57. The van der Waals surface area contributed by atoms with Crippen molar-refractivity contribution in [1.82, 2.24) is 15.0 Å². The molecule has 0 fully saturated rings. The van der Waals surface area contributed by atoms with Gasteiger partial charge in [-0.3, -0.25) is 9.78 Å². The number of nitrogens with two attached hydrogens (primary N) is 1. The molecule has 4 rings (SSSR count). The van der Waals surface area contributed by atoms with E-state index < -0.39 is 0 Å². The van der Waals surface area contributed by atoms with Crippen LogP contribution in [-0.4, -0.2) is 20.7 Å². The molecule has 3 aromatic heterocycles. The Hall–Kier alpha value is -3.65. The van der Waals surface area contributed by atoms with Crippen LogP contribution in [0.3, 0.4) is 0 Å². The number of hydrogen-bond donors (Lipinski definition) is 2. The second kappa shape index (κ2) is 8.79. The van der Waals surface area contributed by atoms with Gasteiger partial charge >= 0.3 is 0 Å². The number of thiophene rings is 1. The fraction of sp³-hybridized carbons (Fsp3) is 0.0909. The first-order chi connectivity index (χ1) is 14.6. The number of ketones is 1. The number of Topliss-reactive ketones (excluding diaryl/α,β-unsaturated/α-hetero) is 1. The van der Waals surface area contributed by atoms with Crippen molar-refractivity contribution in [1.29, 1.82) is 0 Å². The molecule has 3 heterocycles. The molecule has 8 heteroatoms. The maximum atomic E-state index is 14.2. The number of hydrogen-bond acceptors (Lipinski definition) is 7. The molecular weight excluding hydrogens is 401 g/mol. The van der Waals surface area contributed by atoms with Crippen LogP contribution in [-0.2, 0) is 13.0 Å². The van der Waals surface area contributed by atoms with E-state index in [-0.39, 0.29) is 30.3 Å². The number of benzene rings is 1. The van der Waals surface area contributed by atoms with Crippen molar-refractivity contribution in [3.8, 4) is 11.3 Å². The molecule has 0 amide bonds. The Bertz CT molecular complexity index is 1160. The van der Waals surface area contributed by atoms with Crippen molar-refractivity contribution in [2.45, 2.75) is 13.0 Å². The van der Waals surface area contributed by atoms with Gasteiger partial charge in [-0.15, -0.1) is 0 Å². The molecule has 0 aliphatic carbocycles. The lowest BCUT2D eigenvalue weighted by Crippen LogP contribution is -2.09. The maximum absolute atomic E-state index is 14.2. The van der Waals surface area contributed by atoms with Gasteiger partial charge in [0.2, 0.25) is 0 Å². The van der Waals surface area contributed by atoms with Crippen molar-refractivity contribution >= 4 is 28.6 Å². The first-order valence-corrected chi connectivity index (χ1v) is 10.1. The van der Waals surface area contributed by atoms with Gasteiger partial charge in [-0.25, -0.2) is 14.4 Å². The number of nitrogens with zero attached hydrogens (tertiary/aromatic N) is 3. The number of aromatic nitrogens is 3. The van der Waals surface area contributed by atoms with E-state index in [0.29, 0.717) is 22.6 Å². The third kappa shape index (κ3) is 4.49. The Balaban J connectivity index is 1.44. The molecule has 0 radical (unpaired) electrons. The molecule has 6 nitrogen and oxygen atoms in total. The minimum absolute atomic E-state index is 0.106. The first-order valence-electron chi connectivity index (χ1n) is 9.19. The van der Waals surface area contributed by atoms with E-state index in [4.69, 9.17) is 5.73 Å². The lowest BCUT2D eigenvalue weighted by atomic mass is 10.0. The summed E-state index contributed by atoms with van der Waals surface area (Å²) in [6.07, 6.45) is 4.76. The molecule has 1 aromatic carbocycles. The molecular formula is C22H18FN5OS. The second-order valence-electron chi connectivity index (χ2n) is 6.61. The maximum Gasteiger partial charge on any atom is 0.187 e. The topological polar surface area (TPSA) is 93.8 Å². The number of carbonyl (C=O) groups is 1. The molecule has 0 aliphatic heterocycles. The third-order valence-electron chi connectivity index (χ3n) is 4.54. The Morgan fingerprint density at radius 3 is 2.77 bits per heavy atom. The van der Waals surface area contributed by atoms with Crippen LogP contribution in [0.2, 0.25) is 0 Å². The lowest BCUT2D eigenvalue weighted by molar-refractivity contribution is 0.0988. The molecule has 0 saturated heterocycles. The highest BCUT2D eigenvalue weighted by atomic mass is 32.1. The van der Waals surface area contributed by atoms with Crippen LogP contribution in [0.4, 0.5) is 15.9 Å². The number of carbonyl (C=O) groups excluding carboxylic acids is 1. The van der Waals surface area contributed by atoms with Gasteiger partial charge in [-0.05, 0) is 35.2 Å². The van der Waals surface area contributed by atoms with E-state index in [1.165, 1.54) is 12.3 Å². The minimum Gasteiger partial charge on any atom is -0.382 e. The van der Waals surface area contributed by atoms with Crippen molar-refractivity contribution in [3.05, 3.63) is 88.4 Å². The number of halogens is 1. The predicted octanol–water partition coefficient (Wildman–Crippen LogP) is 4.36. The zero-order valence-corrected chi connectivity index (χ0v) is 16.7. The number of nitrogens with one attached hydrogen (secondary N) is 1. The monoisotopic (exact) mass is 419 g/mol. The summed E-state index contributed by atoms with van der Waals surface area (Å²) in [4.78, 5) is 25.2. The average molecular weight is 419 g/mol. The standard InChI is InChI=1S/C22H18FN5OS/c23-17-4-3-14(8-16(17)10-26-18-2-1-6-25-22(18)24)9-21(29)20-12-27-19(11-28-20)15-5-7-30-13-15/h1-8,11-13,26H,9-10H2,(H2,24,25). The van der Waals surface area contributed by atoms with Gasteiger partial charge in [0.1, 0.15) is 17.3 Å². The van der Waals surface area contributed by atoms with Crippen LogP contribution in [0.25, 0.3) is 11.3 Å². The van der Waals surface area contributed by atoms with Crippen molar-refractivity contribution in [2.24, 2.45) is 0 Å².